The summed E-state index contributed by atoms with van der Waals surface area (Å²) >= 11 is 0. The van der Waals surface area contributed by atoms with E-state index in [2.05, 4.69) is 5.43 Å². The van der Waals surface area contributed by atoms with Gasteiger partial charge in [-0.1, -0.05) is 0 Å². The lowest BCUT2D eigenvalue weighted by Gasteiger charge is -2.31. The topological polar surface area (TPSA) is 102 Å². The zero-order valence-corrected chi connectivity index (χ0v) is 15.0. The molecule has 8 nitrogen and oxygen atoms in total. The summed E-state index contributed by atoms with van der Waals surface area (Å²) in [6.45, 7) is 12.0. The number of hydrazine groups is 1. The van der Waals surface area contributed by atoms with Crippen molar-refractivity contribution in [1.82, 2.24) is 10.4 Å². The van der Waals surface area contributed by atoms with Crippen molar-refractivity contribution < 1.29 is 28.7 Å². The molecular weight excluding hydrogens is 304 g/mol. The number of amides is 2. The Morgan fingerprint density at radius 3 is 1.52 bits per heavy atom. The summed E-state index contributed by atoms with van der Waals surface area (Å²) in [5.74, 6) is -1.22. The molecule has 0 saturated carbocycles. The zero-order valence-electron chi connectivity index (χ0n) is 15.0. The van der Waals surface area contributed by atoms with Crippen LogP contribution in [0.3, 0.4) is 0 Å². The minimum absolute atomic E-state index is 0.560. The molecule has 0 spiro atoms. The molecule has 1 N–H and O–H groups in total. The Balaban J connectivity index is 5.45. The third kappa shape index (κ3) is 8.18. The van der Waals surface area contributed by atoms with Gasteiger partial charge in [0.05, 0.1) is 0 Å². The molecule has 0 aliphatic heterocycles. The SMILES string of the molecule is CC(=O)C(C(C)=O)N(NC(=O)OC(C)(C)C)C(=O)OC(C)(C)C. The molecule has 0 fully saturated rings. The van der Waals surface area contributed by atoms with Gasteiger partial charge in [-0.15, -0.1) is 0 Å². The van der Waals surface area contributed by atoms with Gasteiger partial charge in [0.1, 0.15) is 11.2 Å². The van der Waals surface area contributed by atoms with E-state index in [4.69, 9.17) is 9.47 Å². The lowest BCUT2D eigenvalue weighted by atomic mass is 10.1. The van der Waals surface area contributed by atoms with E-state index in [9.17, 15) is 19.2 Å². The summed E-state index contributed by atoms with van der Waals surface area (Å²) in [6.07, 6.45) is -2.00. The van der Waals surface area contributed by atoms with Crippen LogP contribution in [-0.2, 0) is 19.1 Å². The average molecular weight is 330 g/mol. The van der Waals surface area contributed by atoms with Gasteiger partial charge in [0.25, 0.3) is 0 Å². The lowest BCUT2D eigenvalue weighted by molar-refractivity contribution is -0.133. The number of carbonyl (C=O) groups excluding carboxylic acids is 4. The quantitative estimate of drug-likeness (QED) is 0.629. The first-order valence-corrected chi connectivity index (χ1v) is 7.17. The summed E-state index contributed by atoms with van der Waals surface area (Å²) in [6, 6.07) is -1.49. The fourth-order valence-corrected chi connectivity index (χ4v) is 1.58. The summed E-state index contributed by atoms with van der Waals surface area (Å²) in [5.41, 5.74) is 0.429. The van der Waals surface area contributed by atoms with Crippen molar-refractivity contribution in [1.29, 1.82) is 0 Å². The molecule has 0 atom stereocenters. The molecular formula is C15H26N2O6. The van der Waals surface area contributed by atoms with Crippen molar-refractivity contribution in [2.24, 2.45) is 0 Å². The number of ketones is 2. The van der Waals surface area contributed by atoms with Gasteiger partial charge in [0.15, 0.2) is 17.6 Å². The van der Waals surface area contributed by atoms with Crippen molar-refractivity contribution in [3.05, 3.63) is 0 Å². The molecule has 132 valence electrons. The highest BCUT2D eigenvalue weighted by atomic mass is 16.6. The highest BCUT2D eigenvalue weighted by Crippen LogP contribution is 2.13. The number of carbonyl (C=O) groups is 4. The van der Waals surface area contributed by atoms with Crippen LogP contribution >= 0.6 is 0 Å². The number of hydrogen-bond donors (Lipinski definition) is 1. The number of Topliss-reactive ketones (excluding diaryl/α,β-unsaturated/α-hetero) is 2. The first-order chi connectivity index (χ1) is 10.1. The van der Waals surface area contributed by atoms with Crippen LogP contribution in [0.2, 0.25) is 0 Å². The van der Waals surface area contributed by atoms with E-state index in [1.807, 2.05) is 0 Å². The summed E-state index contributed by atoms with van der Waals surface area (Å²) in [4.78, 5) is 47.5. The van der Waals surface area contributed by atoms with Gasteiger partial charge in [-0.05, 0) is 55.4 Å². The first-order valence-electron chi connectivity index (χ1n) is 7.17. The van der Waals surface area contributed by atoms with Gasteiger partial charge in [-0.25, -0.2) is 15.0 Å². The Labute approximate surface area is 136 Å². The largest absolute Gasteiger partial charge is 0.443 e. The monoisotopic (exact) mass is 330 g/mol. The highest BCUT2D eigenvalue weighted by molar-refractivity contribution is 6.06. The van der Waals surface area contributed by atoms with E-state index in [1.54, 1.807) is 41.5 Å². The number of nitrogens with one attached hydrogen (secondary N) is 1. The van der Waals surface area contributed by atoms with E-state index in [0.29, 0.717) is 5.01 Å². The molecule has 0 rings (SSSR count). The predicted octanol–water partition coefficient (Wildman–Crippen LogP) is 2.21. The van der Waals surface area contributed by atoms with Crippen LogP contribution in [0.5, 0.6) is 0 Å². The van der Waals surface area contributed by atoms with Crippen LogP contribution in [0, 0.1) is 0 Å². The fraction of sp³-hybridized carbons (Fsp3) is 0.733. The van der Waals surface area contributed by atoms with E-state index in [1.165, 1.54) is 0 Å². The van der Waals surface area contributed by atoms with E-state index < -0.39 is 41.0 Å². The van der Waals surface area contributed by atoms with Gasteiger partial charge in [0.2, 0.25) is 0 Å². The molecule has 0 aromatic heterocycles. The highest BCUT2D eigenvalue weighted by Gasteiger charge is 2.36. The maximum absolute atomic E-state index is 12.2. The number of nitrogens with zero attached hydrogens (tertiary/aromatic N) is 1. The van der Waals surface area contributed by atoms with Crippen LogP contribution in [0.4, 0.5) is 9.59 Å². The Morgan fingerprint density at radius 1 is 0.826 bits per heavy atom. The summed E-state index contributed by atoms with van der Waals surface area (Å²) in [5, 5.41) is 0.560. The number of rotatable bonds is 3. The van der Waals surface area contributed by atoms with Crippen molar-refractivity contribution >= 4 is 23.8 Å². The molecule has 8 heteroatoms. The molecule has 0 saturated heterocycles. The van der Waals surface area contributed by atoms with Gasteiger partial charge >= 0.3 is 12.2 Å². The minimum atomic E-state index is -1.49. The first kappa shape index (κ1) is 20.9. The van der Waals surface area contributed by atoms with Crippen molar-refractivity contribution in [2.75, 3.05) is 0 Å². The standard InChI is InChI=1S/C15H26N2O6/c1-9(18)11(10(2)19)17(13(21)23-15(6,7)8)16-12(20)22-14(3,4)5/h11H,1-8H3,(H,16,20). The van der Waals surface area contributed by atoms with Crippen LogP contribution in [0.1, 0.15) is 55.4 Å². The zero-order chi connectivity index (χ0) is 18.6. The van der Waals surface area contributed by atoms with Gasteiger partial charge in [0, 0.05) is 0 Å². The second-order valence-electron chi connectivity index (χ2n) is 7.09. The Hall–Kier alpha value is -2.12. The molecule has 0 unspecified atom stereocenters. The van der Waals surface area contributed by atoms with Crippen molar-refractivity contribution in [3.63, 3.8) is 0 Å². The Bertz CT molecular complexity index is 473. The van der Waals surface area contributed by atoms with Gasteiger partial charge < -0.3 is 9.47 Å². The molecule has 0 aliphatic rings. The maximum Gasteiger partial charge on any atom is 0.430 e. The average Bonchev–Trinajstić information content (AvgIpc) is 2.21. The molecule has 2 amide bonds. The minimum Gasteiger partial charge on any atom is -0.443 e. The number of hydrogen-bond acceptors (Lipinski definition) is 6. The van der Waals surface area contributed by atoms with Gasteiger partial charge in [-0.2, -0.15) is 5.01 Å². The third-order valence-corrected chi connectivity index (χ3v) is 2.23. The van der Waals surface area contributed by atoms with E-state index >= 15 is 0 Å². The maximum atomic E-state index is 12.2. The third-order valence-electron chi connectivity index (χ3n) is 2.23. The van der Waals surface area contributed by atoms with Crippen LogP contribution in [0.25, 0.3) is 0 Å². The Kier molecular flexibility index (Phi) is 6.75. The van der Waals surface area contributed by atoms with Crippen LogP contribution in [0.15, 0.2) is 0 Å². The van der Waals surface area contributed by atoms with Crippen LogP contribution in [-0.4, -0.2) is 46.0 Å². The van der Waals surface area contributed by atoms with E-state index in [-0.39, 0.29) is 0 Å². The number of ether oxygens (including phenoxy) is 2. The molecule has 0 aromatic rings. The van der Waals surface area contributed by atoms with E-state index in [0.717, 1.165) is 13.8 Å². The summed E-state index contributed by atoms with van der Waals surface area (Å²) < 4.78 is 10.2. The smallest absolute Gasteiger partial charge is 0.430 e. The summed E-state index contributed by atoms with van der Waals surface area (Å²) in [7, 11) is 0. The molecule has 0 radical (unpaired) electrons. The fourth-order valence-electron chi connectivity index (χ4n) is 1.58. The predicted molar refractivity (Wildman–Crippen MR) is 82.6 cm³/mol. The second kappa shape index (κ2) is 7.43. The molecule has 0 bridgehead atoms. The van der Waals surface area contributed by atoms with Crippen molar-refractivity contribution in [2.45, 2.75) is 72.6 Å². The molecule has 23 heavy (non-hydrogen) atoms. The second-order valence-corrected chi connectivity index (χ2v) is 7.09. The van der Waals surface area contributed by atoms with Crippen molar-refractivity contribution in [3.8, 4) is 0 Å². The molecule has 0 aliphatic carbocycles. The van der Waals surface area contributed by atoms with Crippen LogP contribution < -0.4 is 5.43 Å². The molecule has 0 aromatic carbocycles. The molecule has 0 heterocycles. The Morgan fingerprint density at radius 2 is 1.22 bits per heavy atom. The van der Waals surface area contributed by atoms with Gasteiger partial charge in [-0.3, -0.25) is 9.59 Å². The lowest BCUT2D eigenvalue weighted by Crippen LogP contribution is -2.58. The normalized spacial score (nSPS) is 11.7.